The number of rotatable bonds is 54. The highest BCUT2D eigenvalue weighted by atomic mass is 31.2. The molecule has 75 heavy (non-hydrogen) atoms. The fourth-order valence-corrected chi connectivity index (χ4v) is 9.05. The van der Waals surface area contributed by atoms with Crippen molar-refractivity contribution in [3.8, 4) is 0 Å². The molecule has 0 heterocycles. The Balaban J connectivity index is 5.23. The maximum atomic E-state index is 13.5. The molecule has 0 aromatic heterocycles. The standard InChI is InChI=1S/C65H115N2O7P/c1-7-10-13-16-19-22-25-27-29-30-31-32-33-34-35-36-38-39-42-45-48-51-54-57-64(68)66-62(61-73-75(70,71)72-60-59-67(4,5)6)63(56-53-50-47-44-41-24-21-18-15-12-9-3)74-65(69)58-55-52-49-46-43-40-37-28-26-23-20-17-14-11-8-2/h11,14,17,19-20,22-23,26-27,29,31-32,34-35,53,56,62-63H,7-10,12-13,15-16,18,21,24-25,28,30,33,36-52,54-55,57-61H2,1-6H3,(H-,66,68,70,71)/b14-11+,20-17+,22-19-,26-23+,29-27-,32-31-,35-34-,56-53-. The number of allylic oxidation sites excluding steroid dienone is 15. The highest BCUT2D eigenvalue weighted by Gasteiger charge is 2.27. The number of phosphoric acid groups is 1. The van der Waals surface area contributed by atoms with Crippen LogP contribution in [0.2, 0.25) is 0 Å². The molecule has 0 rings (SSSR count). The lowest BCUT2D eigenvalue weighted by atomic mass is 10.1. The molecule has 0 aromatic carbocycles. The smallest absolute Gasteiger partial charge is 0.306 e. The summed E-state index contributed by atoms with van der Waals surface area (Å²) in [4.78, 5) is 39.9. The molecule has 10 heteroatoms. The van der Waals surface area contributed by atoms with Gasteiger partial charge >= 0.3 is 5.97 Å². The average molecular weight is 1070 g/mol. The molecule has 3 atom stereocenters. The summed E-state index contributed by atoms with van der Waals surface area (Å²) in [5.74, 6) is -0.572. The van der Waals surface area contributed by atoms with Crippen molar-refractivity contribution < 1.29 is 37.3 Å². The van der Waals surface area contributed by atoms with Crippen LogP contribution >= 0.6 is 7.82 Å². The molecule has 0 aliphatic rings. The number of hydrogen-bond acceptors (Lipinski definition) is 7. The predicted molar refractivity (Wildman–Crippen MR) is 321 cm³/mol. The molecule has 0 radical (unpaired) electrons. The number of amides is 1. The van der Waals surface area contributed by atoms with E-state index >= 15 is 0 Å². The first-order chi connectivity index (χ1) is 36.4. The minimum absolute atomic E-state index is 0.0314. The van der Waals surface area contributed by atoms with Gasteiger partial charge < -0.3 is 28.5 Å². The van der Waals surface area contributed by atoms with Crippen LogP contribution in [0.3, 0.4) is 0 Å². The normalized spacial score (nSPS) is 14.4. The molecule has 3 unspecified atom stereocenters. The quantitative estimate of drug-likeness (QED) is 0.0161. The molecule has 0 aromatic rings. The Morgan fingerprint density at radius 1 is 0.493 bits per heavy atom. The van der Waals surface area contributed by atoms with Crippen LogP contribution in [0, 0.1) is 0 Å². The van der Waals surface area contributed by atoms with Crippen LogP contribution in [-0.2, 0) is 27.9 Å². The monoisotopic (exact) mass is 1070 g/mol. The number of likely N-dealkylation sites (N-methyl/N-ethyl adjacent to an activating group) is 1. The second-order valence-corrected chi connectivity index (χ2v) is 22.9. The number of hydrogen-bond donors (Lipinski definition) is 1. The number of nitrogens with one attached hydrogen (secondary N) is 1. The fraction of sp³-hybridized carbons (Fsp3) is 0.723. The van der Waals surface area contributed by atoms with E-state index in [1.807, 2.05) is 33.3 Å². The molecular formula is C65H115N2O7P. The minimum Gasteiger partial charge on any atom is -0.756 e. The van der Waals surface area contributed by atoms with E-state index in [2.05, 4.69) is 111 Å². The molecule has 0 saturated heterocycles. The summed E-state index contributed by atoms with van der Waals surface area (Å²) in [6.07, 6.45) is 72.3. The zero-order valence-electron chi connectivity index (χ0n) is 49.2. The van der Waals surface area contributed by atoms with E-state index in [-0.39, 0.29) is 24.9 Å². The number of quaternary nitrogens is 1. The maximum absolute atomic E-state index is 13.5. The van der Waals surface area contributed by atoms with Gasteiger partial charge in [-0.25, -0.2) is 0 Å². The molecule has 0 spiro atoms. The van der Waals surface area contributed by atoms with Crippen molar-refractivity contribution in [3.63, 3.8) is 0 Å². The Morgan fingerprint density at radius 2 is 0.907 bits per heavy atom. The number of carbonyl (C=O) groups is 2. The van der Waals surface area contributed by atoms with Gasteiger partial charge in [-0.15, -0.1) is 0 Å². The second kappa shape index (κ2) is 54.3. The SMILES string of the molecule is CC/C=C/C=C/C=C/CCCCCCCCCC(=O)OC(/C=C\CCCCCCCCCCC)C(COP(=O)([O-])OCC[N+](C)(C)C)NC(=O)CCCCCCCCC/C=C\C/C=C\C/C=C\C/C=C\CCCCC. The van der Waals surface area contributed by atoms with Gasteiger partial charge in [-0.3, -0.25) is 14.2 Å². The summed E-state index contributed by atoms with van der Waals surface area (Å²) in [5, 5.41) is 3.02. The van der Waals surface area contributed by atoms with E-state index < -0.39 is 26.6 Å². The molecule has 1 amide bonds. The molecule has 1 N–H and O–H groups in total. The van der Waals surface area contributed by atoms with E-state index in [0.717, 1.165) is 103 Å². The first-order valence-electron chi connectivity index (χ1n) is 30.6. The van der Waals surface area contributed by atoms with Gasteiger partial charge in [0.1, 0.15) is 19.3 Å². The van der Waals surface area contributed by atoms with Crippen LogP contribution in [0.5, 0.6) is 0 Å². The summed E-state index contributed by atoms with van der Waals surface area (Å²) >= 11 is 0. The Morgan fingerprint density at radius 3 is 1.41 bits per heavy atom. The number of esters is 1. The minimum atomic E-state index is -4.71. The molecule has 0 saturated carbocycles. The summed E-state index contributed by atoms with van der Waals surface area (Å²) in [5.41, 5.74) is 0. The van der Waals surface area contributed by atoms with Crippen molar-refractivity contribution in [2.24, 2.45) is 0 Å². The Labute approximate surface area is 462 Å². The Bertz CT molecular complexity index is 1610. The molecule has 0 bridgehead atoms. The van der Waals surface area contributed by atoms with Crippen molar-refractivity contribution in [1.29, 1.82) is 0 Å². The first kappa shape index (κ1) is 71.9. The summed E-state index contributed by atoms with van der Waals surface area (Å²) in [6, 6.07) is -0.904. The van der Waals surface area contributed by atoms with Crippen LogP contribution in [0.25, 0.3) is 0 Å². The Kier molecular flexibility index (Phi) is 52.1. The number of ether oxygens (including phenoxy) is 1. The van der Waals surface area contributed by atoms with Gasteiger partial charge in [0.2, 0.25) is 5.91 Å². The van der Waals surface area contributed by atoms with E-state index in [9.17, 15) is 19.0 Å². The average Bonchev–Trinajstić information content (AvgIpc) is 3.37. The fourth-order valence-electron chi connectivity index (χ4n) is 8.33. The molecule has 9 nitrogen and oxygen atoms in total. The van der Waals surface area contributed by atoms with E-state index in [4.69, 9.17) is 13.8 Å². The maximum Gasteiger partial charge on any atom is 0.306 e. The van der Waals surface area contributed by atoms with Gasteiger partial charge in [0.05, 0.1) is 33.8 Å². The van der Waals surface area contributed by atoms with Crippen LogP contribution in [0.1, 0.15) is 252 Å². The third-order valence-electron chi connectivity index (χ3n) is 13.1. The summed E-state index contributed by atoms with van der Waals surface area (Å²) < 4.78 is 30.3. The highest BCUT2D eigenvalue weighted by molar-refractivity contribution is 7.45. The summed E-state index contributed by atoms with van der Waals surface area (Å²) in [7, 11) is 1.16. The summed E-state index contributed by atoms with van der Waals surface area (Å²) in [6.45, 7) is 6.65. The molecule has 432 valence electrons. The van der Waals surface area contributed by atoms with Crippen LogP contribution in [0.15, 0.2) is 97.2 Å². The molecule has 0 aliphatic carbocycles. The van der Waals surface area contributed by atoms with Gasteiger partial charge in [-0.05, 0) is 96.0 Å². The zero-order chi connectivity index (χ0) is 55.0. The van der Waals surface area contributed by atoms with Crippen molar-refractivity contribution in [2.45, 2.75) is 264 Å². The van der Waals surface area contributed by atoms with Crippen molar-refractivity contribution in [1.82, 2.24) is 5.32 Å². The van der Waals surface area contributed by atoms with Crippen molar-refractivity contribution >= 4 is 19.7 Å². The number of unbranched alkanes of at least 4 members (excludes halogenated alkanes) is 26. The van der Waals surface area contributed by atoms with Crippen LogP contribution in [0.4, 0.5) is 0 Å². The third kappa shape index (κ3) is 55.5. The molecule has 0 aliphatic heterocycles. The lowest BCUT2D eigenvalue weighted by Gasteiger charge is -2.30. The first-order valence-corrected chi connectivity index (χ1v) is 32.0. The molecular weight excluding hydrogens is 952 g/mol. The second-order valence-electron chi connectivity index (χ2n) is 21.5. The van der Waals surface area contributed by atoms with E-state index in [1.165, 1.54) is 109 Å². The lowest BCUT2D eigenvalue weighted by Crippen LogP contribution is -2.47. The van der Waals surface area contributed by atoms with E-state index in [1.54, 1.807) is 0 Å². The number of carbonyl (C=O) groups excluding carboxylic acids is 2. The largest absolute Gasteiger partial charge is 0.756 e. The number of nitrogens with zero attached hydrogens (tertiary/aromatic N) is 1. The lowest BCUT2D eigenvalue weighted by molar-refractivity contribution is -0.870. The van der Waals surface area contributed by atoms with Crippen molar-refractivity contribution in [3.05, 3.63) is 97.2 Å². The Hall–Kier alpha value is -3.07. The van der Waals surface area contributed by atoms with Crippen molar-refractivity contribution in [2.75, 3.05) is 40.9 Å². The topological polar surface area (TPSA) is 114 Å². The third-order valence-corrected chi connectivity index (χ3v) is 14.0. The van der Waals surface area contributed by atoms with Gasteiger partial charge in [0, 0.05) is 12.8 Å². The zero-order valence-corrected chi connectivity index (χ0v) is 50.1. The van der Waals surface area contributed by atoms with E-state index in [0.29, 0.717) is 23.9 Å². The van der Waals surface area contributed by atoms with Crippen LogP contribution in [-0.4, -0.2) is 69.4 Å². The molecule has 0 fully saturated rings. The number of phosphoric ester groups is 1. The van der Waals surface area contributed by atoms with Crippen LogP contribution < -0.4 is 10.2 Å². The van der Waals surface area contributed by atoms with Gasteiger partial charge in [-0.2, -0.15) is 0 Å². The van der Waals surface area contributed by atoms with Gasteiger partial charge in [0.25, 0.3) is 7.82 Å². The predicted octanol–water partition coefficient (Wildman–Crippen LogP) is 18.1. The van der Waals surface area contributed by atoms with Gasteiger partial charge in [-0.1, -0.05) is 240 Å². The van der Waals surface area contributed by atoms with Gasteiger partial charge in [0.15, 0.2) is 0 Å². The highest BCUT2D eigenvalue weighted by Crippen LogP contribution is 2.38.